The van der Waals surface area contributed by atoms with Gasteiger partial charge in [0.25, 0.3) is 0 Å². The van der Waals surface area contributed by atoms with E-state index < -0.39 is 12.1 Å². The van der Waals surface area contributed by atoms with E-state index in [2.05, 4.69) is 0 Å². The number of phenols is 1. The summed E-state index contributed by atoms with van der Waals surface area (Å²) in [5.74, 6) is -1.53. The maximum atomic E-state index is 10.6. The van der Waals surface area contributed by atoms with E-state index in [1.807, 2.05) is 36.4 Å². The summed E-state index contributed by atoms with van der Waals surface area (Å²) < 4.78 is 36.7. The Morgan fingerprint density at radius 3 is 1.50 bits per heavy atom. The summed E-state index contributed by atoms with van der Waals surface area (Å²) in [7, 11) is 1.66. The van der Waals surface area contributed by atoms with Gasteiger partial charge in [-0.3, -0.25) is 0 Å². The monoisotopic (exact) mass is 316 g/mol. The molecule has 0 heterocycles. The van der Waals surface area contributed by atoms with Gasteiger partial charge in [-0.1, -0.05) is 36.4 Å². The second kappa shape index (κ2) is 10.1. The van der Waals surface area contributed by atoms with Crippen molar-refractivity contribution in [2.75, 3.05) is 7.11 Å². The average Bonchev–Trinajstić information content (AvgIpc) is 2.49. The summed E-state index contributed by atoms with van der Waals surface area (Å²) >= 11 is 0. The number of benzene rings is 2. The van der Waals surface area contributed by atoms with Gasteiger partial charge in [0.2, 0.25) is 0 Å². The summed E-state index contributed by atoms with van der Waals surface area (Å²) in [5.41, 5.74) is 0. The van der Waals surface area contributed by atoms with Crippen molar-refractivity contribution in [3.05, 3.63) is 60.7 Å². The van der Waals surface area contributed by atoms with E-state index in [9.17, 15) is 13.2 Å². The van der Waals surface area contributed by atoms with E-state index in [0.29, 0.717) is 5.75 Å². The molecule has 0 atom stereocenters. The van der Waals surface area contributed by atoms with Crippen molar-refractivity contribution in [3.63, 3.8) is 0 Å². The van der Waals surface area contributed by atoms with Crippen molar-refractivity contribution in [1.29, 1.82) is 0 Å². The van der Waals surface area contributed by atoms with Crippen LogP contribution in [0, 0.1) is 0 Å². The lowest BCUT2D eigenvalue weighted by molar-refractivity contribution is -0.192. The number of alkyl halides is 3. The molecule has 0 fully saturated rings. The Kier molecular flexibility index (Phi) is 8.85. The number of rotatable bonds is 1. The molecule has 0 saturated carbocycles. The van der Waals surface area contributed by atoms with Crippen molar-refractivity contribution in [2.45, 2.75) is 6.18 Å². The lowest BCUT2D eigenvalue weighted by Gasteiger charge is -1.93. The zero-order valence-corrected chi connectivity index (χ0v) is 11.6. The highest BCUT2D eigenvalue weighted by Crippen LogP contribution is 2.13. The van der Waals surface area contributed by atoms with Gasteiger partial charge in [0.15, 0.2) is 0 Å². The first kappa shape index (κ1) is 19.3. The number of aromatic hydroxyl groups is 1. The number of para-hydroxylation sites is 2. The number of hydrogen-bond donors (Lipinski definition) is 2. The minimum absolute atomic E-state index is 0.322. The molecule has 0 unspecified atom stereocenters. The predicted octanol–water partition coefficient (Wildman–Crippen LogP) is 3.72. The first-order valence-corrected chi connectivity index (χ1v) is 5.90. The Morgan fingerprint density at radius 2 is 1.32 bits per heavy atom. The Bertz CT molecular complexity index is 527. The molecule has 0 spiro atoms. The number of carboxylic acids is 1. The Labute approximate surface area is 125 Å². The molecule has 2 N–H and O–H groups in total. The molecular formula is C15H15F3O4. The molecule has 0 aliphatic carbocycles. The molecule has 22 heavy (non-hydrogen) atoms. The van der Waals surface area contributed by atoms with Crippen LogP contribution >= 0.6 is 0 Å². The normalized spacial score (nSPS) is 9.45. The quantitative estimate of drug-likeness (QED) is 0.841. The summed E-state index contributed by atoms with van der Waals surface area (Å²) in [5, 5.41) is 15.8. The number of ether oxygens (including phenoxy) is 1. The van der Waals surface area contributed by atoms with Gasteiger partial charge in [-0.25, -0.2) is 4.79 Å². The Morgan fingerprint density at radius 1 is 0.955 bits per heavy atom. The van der Waals surface area contributed by atoms with Gasteiger partial charge in [0, 0.05) is 0 Å². The zero-order chi connectivity index (χ0) is 17.0. The van der Waals surface area contributed by atoms with Gasteiger partial charge in [0.1, 0.15) is 11.5 Å². The molecule has 0 bridgehead atoms. The molecule has 4 nitrogen and oxygen atoms in total. The van der Waals surface area contributed by atoms with Gasteiger partial charge < -0.3 is 14.9 Å². The first-order valence-electron chi connectivity index (χ1n) is 5.90. The molecule has 0 saturated heterocycles. The van der Waals surface area contributed by atoms with Gasteiger partial charge in [-0.05, 0) is 24.3 Å². The SMILES string of the molecule is COc1ccccc1.O=C(O)C(F)(F)F.Oc1ccccc1. The molecular weight excluding hydrogens is 301 g/mol. The van der Waals surface area contributed by atoms with Gasteiger partial charge in [-0.15, -0.1) is 0 Å². The molecule has 7 heteroatoms. The maximum absolute atomic E-state index is 10.6. The number of halogens is 3. The highest BCUT2D eigenvalue weighted by Gasteiger charge is 2.38. The van der Waals surface area contributed by atoms with Crippen molar-refractivity contribution in [1.82, 2.24) is 0 Å². The van der Waals surface area contributed by atoms with E-state index in [-0.39, 0.29) is 0 Å². The van der Waals surface area contributed by atoms with Crippen molar-refractivity contribution < 1.29 is 32.9 Å². The number of aliphatic carboxylic acids is 1. The van der Waals surface area contributed by atoms with Crippen LogP contribution in [0.25, 0.3) is 0 Å². The van der Waals surface area contributed by atoms with E-state index >= 15 is 0 Å². The minimum atomic E-state index is -5.08. The number of hydrogen-bond acceptors (Lipinski definition) is 3. The topological polar surface area (TPSA) is 66.8 Å². The van der Waals surface area contributed by atoms with Gasteiger partial charge in [0.05, 0.1) is 7.11 Å². The highest BCUT2D eigenvalue weighted by atomic mass is 19.4. The van der Waals surface area contributed by atoms with Crippen LogP contribution in [0.15, 0.2) is 60.7 Å². The maximum Gasteiger partial charge on any atom is 0.490 e. The molecule has 2 rings (SSSR count). The standard InChI is InChI=1S/C7H8O.C6H6O.C2HF3O2/c1-8-7-5-3-2-4-6-7;7-6-4-2-1-3-5-6;3-2(4,5)1(6)7/h2-6H,1H3;1-5,7H;(H,6,7). The van der Waals surface area contributed by atoms with Crippen LogP contribution in [-0.2, 0) is 4.79 Å². The largest absolute Gasteiger partial charge is 0.508 e. The molecule has 0 aliphatic rings. The fraction of sp³-hybridized carbons (Fsp3) is 0.133. The van der Waals surface area contributed by atoms with Crippen LogP contribution in [-0.4, -0.2) is 29.5 Å². The van der Waals surface area contributed by atoms with Crippen LogP contribution in [0.1, 0.15) is 0 Å². The van der Waals surface area contributed by atoms with Crippen LogP contribution in [0.2, 0.25) is 0 Å². The van der Waals surface area contributed by atoms with Crippen molar-refractivity contribution >= 4 is 5.97 Å². The second-order valence-corrected chi connectivity index (χ2v) is 3.66. The third kappa shape index (κ3) is 10.1. The van der Waals surface area contributed by atoms with E-state index in [0.717, 1.165) is 5.75 Å². The zero-order valence-electron chi connectivity index (χ0n) is 11.6. The summed E-state index contributed by atoms with van der Waals surface area (Å²) in [6.45, 7) is 0. The molecule has 0 amide bonds. The minimum Gasteiger partial charge on any atom is -0.508 e. The van der Waals surface area contributed by atoms with Crippen LogP contribution < -0.4 is 4.74 Å². The fourth-order valence-corrected chi connectivity index (χ4v) is 0.985. The average molecular weight is 316 g/mol. The van der Waals surface area contributed by atoms with Gasteiger partial charge >= 0.3 is 12.1 Å². The van der Waals surface area contributed by atoms with Crippen molar-refractivity contribution in [3.8, 4) is 11.5 Å². The van der Waals surface area contributed by atoms with E-state index in [1.54, 1.807) is 31.4 Å². The second-order valence-electron chi connectivity index (χ2n) is 3.66. The van der Waals surface area contributed by atoms with Crippen molar-refractivity contribution in [2.24, 2.45) is 0 Å². The van der Waals surface area contributed by atoms with Crippen LogP contribution in [0.4, 0.5) is 13.2 Å². The van der Waals surface area contributed by atoms with Gasteiger partial charge in [-0.2, -0.15) is 13.2 Å². The Hall–Kier alpha value is -2.70. The fourth-order valence-electron chi connectivity index (χ4n) is 0.985. The molecule has 2 aromatic rings. The highest BCUT2D eigenvalue weighted by molar-refractivity contribution is 5.73. The number of carboxylic acid groups (broad SMARTS) is 1. The third-order valence-corrected chi connectivity index (χ3v) is 1.98. The summed E-state index contributed by atoms with van der Waals surface area (Å²) in [6.07, 6.45) is -5.08. The summed E-state index contributed by atoms with van der Waals surface area (Å²) in [6, 6.07) is 18.4. The molecule has 0 aliphatic heterocycles. The third-order valence-electron chi connectivity index (χ3n) is 1.98. The lowest BCUT2D eigenvalue weighted by atomic mass is 10.3. The number of carbonyl (C=O) groups is 1. The first-order chi connectivity index (χ1) is 10.3. The van der Waals surface area contributed by atoms with E-state index in [4.69, 9.17) is 19.7 Å². The van der Waals surface area contributed by atoms with Crippen LogP contribution in [0.5, 0.6) is 11.5 Å². The summed E-state index contributed by atoms with van der Waals surface area (Å²) in [4.78, 5) is 8.90. The van der Waals surface area contributed by atoms with E-state index in [1.165, 1.54) is 0 Å². The Balaban J connectivity index is 0.000000302. The molecule has 2 aromatic carbocycles. The molecule has 0 radical (unpaired) electrons. The number of methoxy groups -OCH3 is 1. The predicted molar refractivity (Wildman–Crippen MR) is 74.8 cm³/mol. The smallest absolute Gasteiger partial charge is 0.490 e. The molecule has 0 aromatic heterocycles. The number of phenolic OH excluding ortho intramolecular Hbond substituents is 1. The lowest BCUT2D eigenvalue weighted by Crippen LogP contribution is -2.21. The molecule has 120 valence electrons. The van der Waals surface area contributed by atoms with Crippen LogP contribution in [0.3, 0.4) is 0 Å².